The topological polar surface area (TPSA) is 83.5 Å². The van der Waals surface area contributed by atoms with Crippen molar-refractivity contribution in [3.05, 3.63) is 29.3 Å². The van der Waals surface area contributed by atoms with Gasteiger partial charge in [-0.3, -0.25) is 4.79 Å². The lowest BCUT2D eigenvalue weighted by Gasteiger charge is -2.07. The molecule has 0 radical (unpaired) electrons. The molecule has 0 aliphatic rings. The summed E-state index contributed by atoms with van der Waals surface area (Å²) in [5.41, 5.74) is 0. The molecule has 7 heteroatoms. The molecule has 0 unspecified atom stereocenters. The highest BCUT2D eigenvalue weighted by Gasteiger charge is 2.13. The Morgan fingerprint density at radius 1 is 1.00 bits per heavy atom. The maximum atomic E-state index is 12.1. The van der Waals surface area contributed by atoms with E-state index in [1.807, 2.05) is 0 Å². The van der Waals surface area contributed by atoms with Crippen molar-refractivity contribution in [2.24, 2.45) is 0 Å². The molecule has 0 bridgehead atoms. The van der Waals surface area contributed by atoms with Crippen LogP contribution in [0.3, 0.4) is 0 Å². The Hall–Kier alpha value is -1.11. The largest absolute Gasteiger partial charge is 0.481 e. The molecular weight excluding hydrogens is 350 g/mol. The highest BCUT2D eigenvalue weighted by molar-refractivity contribution is 7.89. The average Bonchev–Trinajstić information content (AvgIpc) is 2.52. The number of rotatable bonds is 13. The number of nitrogens with one attached hydrogen (secondary N) is 1. The second-order valence-corrected chi connectivity index (χ2v) is 8.03. The van der Waals surface area contributed by atoms with E-state index in [4.69, 9.17) is 16.7 Å². The van der Waals surface area contributed by atoms with Crippen LogP contribution in [0.1, 0.15) is 57.8 Å². The predicted octanol–water partition coefficient (Wildman–Crippen LogP) is 4.21. The van der Waals surface area contributed by atoms with Gasteiger partial charge in [0.2, 0.25) is 10.0 Å². The summed E-state index contributed by atoms with van der Waals surface area (Å²) in [5, 5.41) is 8.93. The number of hydrogen-bond acceptors (Lipinski definition) is 3. The van der Waals surface area contributed by atoms with Gasteiger partial charge in [0.05, 0.1) is 4.90 Å². The second kappa shape index (κ2) is 11.4. The number of carbonyl (C=O) groups is 1. The summed E-state index contributed by atoms with van der Waals surface area (Å²) < 4.78 is 26.7. The normalized spacial score (nSPS) is 11.5. The Morgan fingerprint density at radius 3 is 2.17 bits per heavy atom. The van der Waals surface area contributed by atoms with Gasteiger partial charge in [-0.1, -0.05) is 56.2 Å². The molecule has 5 nitrogen and oxygen atoms in total. The maximum Gasteiger partial charge on any atom is 0.303 e. The zero-order chi connectivity index (χ0) is 17.8. The first-order chi connectivity index (χ1) is 11.4. The van der Waals surface area contributed by atoms with Crippen LogP contribution in [-0.2, 0) is 14.8 Å². The molecule has 0 heterocycles. The number of aliphatic carboxylic acids is 1. The Labute approximate surface area is 149 Å². The molecule has 0 atom stereocenters. The molecule has 0 aliphatic heterocycles. The van der Waals surface area contributed by atoms with Crippen LogP contribution in [0.4, 0.5) is 0 Å². The van der Waals surface area contributed by atoms with Gasteiger partial charge in [0, 0.05) is 18.0 Å². The third kappa shape index (κ3) is 9.25. The summed E-state index contributed by atoms with van der Waals surface area (Å²) in [7, 11) is -3.48. The third-order valence-corrected chi connectivity index (χ3v) is 5.41. The summed E-state index contributed by atoms with van der Waals surface area (Å²) in [4.78, 5) is 10.5. The van der Waals surface area contributed by atoms with E-state index in [1.54, 1.807) is 12.1 Å². The van der Waals surface area contributed by atoms with E-state index >= 15 is 0 Å². The van der Waals surface area contributed by atoms with Crippen molar-refractivity contribution >= 4 is 27.6 Å². The summed E-state index contributed by atoms with van der Waals surface area (Å²) in [5.74, 6) is -0.727. The second-order valence-electron chi connectivity index (χ2n) is 5.83. The summed E-state index contributed by atoms with van der Waals surface area (Å²) in [6.45, 7) is 0.424. The molecule has 0 aromatic heterocycles. The van der Waals surface area contributed by atoms with E-state index in [1.165, 1.54) is 12.1 Å². The molecule has 1 rings (SSSR count). The van der Waals surface area contributed by atoms with Crippen LogP contribution in [0.25, 0.3) is 0 Å². The SMILES string of the molecule is O=C(O)CCCCCCCCCCNS(=O)(=O)c1cccc(Cl)c1. The molecular formula is C17H26ClNO4S. The number of carboxylic acid groups (broad SMARTS) is 1. The van der Waals surface area contributed by atoms with Crippen molar-refractivity contribution in [3.63, 3.8) is 0 Å². The van der Waals surface area contributed by atoms with Crippen LogP contribution < -0.4 is 4.72 Å². The van der Waals surface area contributed by atoms with E-state index in [9.17, 15) is 13.2 Å². The van der Waals surface area contributed by atoms with E-state index in [0.717, 1.165) is 51.4 Å². The molecule has 0 saturated heterocycles. The summed E-state index contributed by atoms with van der Waals surface area (Å²) in [6, 6.07) is 6.22. The van der Waals surface area contributed by atoms with E-state index < -0.39 is 16.0 Å². The molecule has 1 aromatic carbocycles. The summed E-state index contributed by atoms with van der Waals surface area (Å²) >= 11 is 5.81. The van der Waals surface area contributed by atoms with Gasteiger partial charge in [-0.15, -0.1) is 0 Å². The van der Waals surface area contributed by atoms with Gasteiger partial charge in [0.1, 0.15) is 0 Å². The Balaban J connectivity index is 2.05. The standard InChI is InChI=1S/C17H26ClNO4S/c18-15-10-9-11-16(14-15)24(22,23)19-13-8-6-4-2-1-3-5-7-12-17(20)21/h9-11,14,19H,1-8,12-13H2,(H,20,21). The molecule has 0 fully saturated rings. The van der Waals surface area contributed by atoms with Gasteiger partial charge < -0.3 is 5.11 Å². The minimum atomic E-state index is -3.48. The van der Waals surface area contributed by atoms with Gasteiger partial charge in [-0.2, -0.15) is 0 Å². The zero-order valence-corrected chi connectivity index (χ0v) is 15.4. The van der Waals surface area contributed by atoms with Crippen molar-refractivity contribution < 1.29 is 18.3 Å². The van der Waals surface area contributed by atoms with Crippen LogP contribution in [-0.4, -0.2) is 26.0 Å². The highest BCUT2D eigenvalue weighted by atomic mass is 35.5. The minimum absolute atomic E-state index is 0.191. The van der Waals surface area contributed by atoms with Gasteiger partial charge in [0.15, 0.2) is 0 Å². The number of halogens is 1. The van der Waals surface area contributed by atoms with E-state index in [-0.39, 0.29) is 11.3 Å². The van der Waals surface area contributed by atoms with Gasteiger partial charge in [-0.25, -0.2) is 13.1 Å². The number of sulfonamides is 1. The first-order valence-electron chi connectivity index (χ1n) is 8.39. The lowest BCUT2D eigenvalue weighted by molar-refractivity contribution is -0.137. The molecule has 136 valence electrons. The average molecular weight is 376 g/mol. The van der Waals surface area contributed by atoms with Crippen LogP contribution in [0.15, 0.2) is 29.2 Å². The zero-order valence-electron chi connectivity index (χ0n) is 13.8. The first-order valence-corrected chi connectivity index (χ1v) is 10.2. The van der Waals surface area contributed by atoms with Crippen LogP contribution in [0.2, 0.25) is 5.02 Å². The number of carboxylic acids is 1. The lowest BCUT2D eigenvalue weighted by Crippen LogP contribution is -2.24. The van der Waals surface area contributed by atoms with Crippen molar-refractivity contribution in [3.8, 4) is 0 Å². The van der Waals surface area contributed by atoms with E-state index in [0.29, 0.717) is 11.6 Å². The van der Waals surface area contributed by atoms with Crippen LogP contribution >= 0.6 is 11.6 Å². The highest BCUT2D eigenvalue weighted by Crippen LogP contribution is 2.15. The van der Waals surface area contributed by atoms with Crippen molar-refractivity contribution in [1.29, 1.82) is 0 Å². The maximum absolute atomic E-state index is 12.1. The minimum Gasteiger partial charge on any atom is -0.481 e. The van der Waals surface area contributed by atoms with Gasteiger partial charge in [0.25, 0.3) is 0 Å². The molecule has 0 saturated carbocycles. The number of benzene rings is 1. The fourth-order valence-corrected chi connectivity index (χ4v) is 3.76. The number of hydrogen-bond donors (Lipinski definition) is 2. The summed E-state index contributed by atoms with van der Waals surface area (Å²) in [6.07, 6.45) is 8.10. The molecule has 1 aromatic rings. The van der Waals surface area contributed by atoms with E-state index in [2.05, 4.69) is 4.72 Å². The molecule has 0 spiro atoms. The van der Waals surface area contributed by atoms with Crippen molar-refractivity contribution in [2.45, 2.75) is 62.7 Å². The molecule has 24 heavy (non-hydrogen) atoms. The third-order valence-electron chi connectivity index (χ3n) is 3.72. The van der Waals surface area contributed by atoms with Gasteiger partial charge >= 0.3 is 5.97 Å². The quantitative estimate of drug-likeness (QED) is 0.506. The Kier molecular flexibility index (Phi) is 9.98. The molecule has 2 N–H and O–H groups in total. The van der Waals surface area contributed by atoms with Gasteiger partial charge in [-0.05, 0) is 31.0 Å². The van der Waals surface area contributed by atoms with Crippen molar-refractivity contribution in [1.82, 2.24) is 4.72 Å². The number of unbranched alkanes of at least 4 members (excludes halogenated alkanes) is 7. The fraction of sp³-hybridized carbons (Fsp3) is 0.588. The Morgan fingerprint density at radius 2 is 1.58 bits per heavy atom. The van der Waals surface area contributed by atoms with Crippen LogP contribution in [0, 0.1) is 0 Å². The van der Waals surface area contributed by atoms with Crippen LogP contribution in [0.5, 0.6) is 0 Å². The monoisotopic (exact) mass is 375 g/mol. The predicted molar refractivity (Wildman–Crippen MR) is 95.8 cm³/mol. The smallest absolute Gasteiger partial charge is 0.303 e. The first kappa shape index (κ1) is 20.9. The fourth-order valence-electron chi connectivity index (χ4n) is 2.39. The lowest BCUT2D eigenvalue weighted by atomic mass is 10.1. The van der Waals surface area contributed by atoms with Crippen molar-refractivity contribution in [2.75, 3.05) is 6.54 Å². The molecule has 0 amide bonds. The Bertz CT molecular complexity index is 604. The molecule has 0 aliphatic carbocycles.